The molecule has 2 rings (SSSR count). The van der Waals surface area contributed by atoms with Gasteiger partial charge in [0.1, 0.15) is 6.10 Å². The number of benzene rings is 1. The van der Waals surface area contributed by atoms with Crippen LogP contribution in [0.5, 0.6) is 0 Å². The molecule has 0 bridgehead atoms. The van der Waals surface area contributed by atoms with Crippen LogP contribution in [0, 0.1) is 10.1 Å². The average molecular weight is 280 g/mol. The van der Waals surface area contributed by atoms with Crippen molar-refractivity contribution in [3.05, 3.63) is 39.9 Å². The van der Waals surface area contributed by atoms with Crippen LogP contribution in [-0.4, -0.2) is 42.2 Å². The molecule has 0 aliphatic carbocycles. The first-order valence-electron chi connectivity index (χ1n) is 6.39. The summed E-state index contributed by atoms with van der Waals surface area (Å²) in [6.07, 6.45) is -0.642. The Hall–Kier alpha value is -2.15. The van der Waals surface area contributed by atoms with Crippen molar-refractivity contribution in [1.29, 1.82) is 0 Å². The Morgan fingerprint density at radius 1 is 1.50 bits per heavy atom. The Morgan fingerprint density at radius 2 is 2.20 bits per heavy atom. The lowest BCUT2D eigenvalue weighted by molar-refractivity contribution is -0.384. The van der Waals surface area contributed by atoms with E-state index in [1.54, 1.807) is 24.0 Å². The van der Waals surface area contributed by atoms with E-state index < -0.39 is 4.92 Å². The van der Waals surface area contributed by atoms with Gasteiger partial charge in [-0.25, -0.2) is 4.79 Å². The molecular weight excluding hydrogens is 264 g/mol. The highest BCUT2D eigenvalue weighted by Gasteiger charge is 2.26. The van der Waals surface area contributed by atoms with E-state index in [9.17, 15) is 14.9 Å². The van der Waals surface area contributed by atoms with Gasteiger partial charge in [0.25, 0.3) is 5.69 Å². The van der Waals surface area contributed by atoms with E-state index in [1.807, 2.05) is 0 Å². The van der Waals surface area contributed by atoms with Crippen LogP contribution >= 0.6 is 0 Å². The largest absolute Gasteiger partial charge is 0.450 e. The maximum absolute atomic E-state index is 11.7. The number of hydrogen-bond donors (Lipinski definition) is 0. The summed E-state index contributed by atoms with van der Waals surface area (Å²) in [6, 6.07) is 6.17. The van der Waals surface area contributed by atoms with Crippen LogP contribution in [-0.2, 0) is 9.47 Å². The maximum atomic E-state index is 11.7. The zero-order valence-electron chi connectivity index (χ0n) is 11.2. The van der Waals surface area contributed by atoms with Crippen molar-refractivity contribution >= 4 is 11.8 Å². The van der Waals surface area contributed by atoms with Crippen molar-refractivity contribution in [1.82, 2.24) is 4.90 Å². The lowest BCUT2D eigenvalue weighted by Gasteiger charge is -2.32. The molecular formula is C13H16N2O5. The molecule has 0 spiro atoms. The third-order valence-corrected chi connectivity index (χ3v) is 3.07. The lowest BCUT2D eigenvalue weighted by Crippen LogP contribution is -2.42. The van der Waals surface area contributed by atoms with Gasteiger partial charge in [-0.15, -0.1) is 0 Å². The number of nitro groups is 1. The summed E-state index contributed by atoms with van der Waals surface area (Å²) >= 11 is 0. The van der Waals surface area contributed by atoms with Gasteiger partial charge in [0.15, 0.2) is 0 Å². The summed E-state index contributed by atoms with van der Waals surface area (Å²) in [5, 5.41) is 10.6. The molecule has 1 aliphatic rings. The normalized spacial score (nSPS) is 18.6. The Balaban J connectivity index is 2.04. The molecule has 1 atom stereocenters. The zero-order valence-corrected chi connectivity index (χ0v) is 11.2. The molecule has 0 radical (unpaired) electrons. The first-order chi connectivity index (χ1) is 9.61. The topological polar surface area (TPSA) is 81.9 Å². The van der Waals surface area contributed by atoms with Crippen LogP contribution < -0.4 is 0 Å². The van der Waals surface area contributed by atoms with Crippen LogP contribution in [0.1, 0.15) is 18.6 Å². The third-order valence-electron chi connectivity index (χ3n) is 3.07. The summed E-state index contributed by atoms with van der Waals surface area (Å²) in [4.78, 5) is 23.4. The number of nitrogens with zero attached hydrogens (tertiary/aromatic N) is 2. The highest BCUT2D eigenvalue weighted by atomic mass is 16.6. The summed E-state index contributed by atoms with van der Waals surface area (Å²) < 4.78 is 10.6. The van der Waals surface area contributed by atoms with Crippen LogP contribution in [0.25, 0.3) is 0 Å². The van der Waals surface area contributed by atoms with Gasteiger partial charge in [0.2, 0.25) is 0 Å². The third kappa shape index (κ3) is 3.24. The van der Waals surface area contributed by atoms with Crippen molar-refractivity contribution < 1.29 is 19.2 Å². The summed E-state index contributed by atoms with van der Waals surface area (Å²) in [5.74, 6) is 0. The fraction of sp³-hybridized carbons (Fsp3) is 0.462. The van der Waals surface area contributed by atoms with Crippen molar-refractivity contribution in [2.45, 2.75) is 13.0 Å². The minimum atomic E-state index is -0.448. The summed E-state index contributed by atoms with van der Waals surface area (Å²) in [5.41, 5.74) is 0.844. The predicted molar refractivity (Wildman–Crippen MR) is 70.4 cm³/mol. The quantitative estimate of drug-likeness (QED) is 0.625. The van der Waals surface area contributed by atoms with E-state index in [0.717, 1.165) is 5.56 Å². The molecule has 1 heterocycles. The van der Waals surface area contributed by atoms with Gasteiger partial charge in [-0.2, -0.15) is 0 Å². The van der Waals surface area contributed by atoms with Crippen LogP contribution in [0.4, 0.5) is 10.5 Å². The smallest absolute Gasteiger partial charge is 0.409 e. The maximum Gasteiger partial charge on any atom is 0.409 e. The van der Waals surface area contributed by atoms with Crippen molar-refractivity contribution in [3.63, 3.8) is 0 Å². The van der Waals surface area contributed by atoms with Crippen molar-refractivity contribution in [2.24, 2.45) is 0 Å². The SMILES string of the molecule is CCOC(=O)N1CCO[C@@H](c2ccc([N+](=O)[O-])cc2)C1. The predicted octanol–water partition coefficient (Wildman–Crippen LogP) is 2.12. The molecule has 7 heteroatoms. The fourth-order valence-electron chi connectivity index (χ4n) is 2.04. The molecule has 108 valence electrons. The summed E-state index contributed by atoms with van der Waals surface area (Å²) in [7, 11) is 0. The minimum Gasteiger partial charge on any atom is -0.450 e. The Bertz CT molecular complexity index is 488. The minimum absolute atomic E-state index is 0.0341. The highest BCUT2D eigenvalue weighted by Crippen LogP contribution is 2.24. The van der Waals surface area contributed by atoms with E-state index in [1.165, 1.54) is 12.1 Å². The molecule has 0 N–H and O–H groups in total. The molecule has 20 heavy (non-hydrogen) atoms. The van der Waals surface area contributed by atoms with E-state index in [4.69, 9.17) is 9.47 Å². The Morgan fingerprint density at radius 3 is 2.80 bits per heavy atom. The number of carbonyl (C=O) groups excluding carboxylic acids is 1. The molecule has 7 nitrogen and oxygen atoms in total. The van der Waals surface area contributed by atoms with E-state index in [-0.39, 0.29) is 17.9 Å². The highest BCUT2D eigenvalue weighted by molar-refractivity contribution is 5.67. The Kier molecular flexibility index (Phi) is 4.52. The van der Waals surface area contributed by atoms with Crippen LogP contribution in [0.15, 0.2) is 24.3 Å². The van der Waals surface area contributed by atoms with Gasteiger partial charge < -0.3 is 14.4 Å². The second-order valence-corrected chi connectivity index (χ2v) is 4.35. The molecule has 1 aliphatic heterocycles. The van der Waals surface area contributed by atoms with Gasteiger partial charge in [-0.3, -0.25) is 10.1 Å². The second kappa shape index (κ2) is 6.33. The monoisotopic (exact) mass is 280 g/mol. The first-order valence-corrected chi connectivity index (χ1v) is 6.39. The Labute approximate surface area is 116 Å². The fourth-order valence-corrected chi connectivity index (χ4v) is 2.04. The zero-order chi connectivity index (χ0) is 14.5. The number of rotatable bonds is 3. The van der Waals surface area contributed by atoms with E-state index >= 15 is 0 Å². The molecule has 1 amide bonds. The molecule has 0 saturated carbocycles. The molecule has 0 aromatic heterocycles. The number of amides is 1. The standard InChI is InChI=1S/C13H16N2O5/c1-2-19-13(16)14-7-8-20-12(9-14)10-3-5-11(6-4-10)15(17)18/h3-6,12H,2,7-9H2,1H3/t12-/m1/s1. The molecule has 1 saturated heterocycles. The molecule has 0 unspecified atom stereocenters. The molecule has 1 fully saturated rings. The first kappa shape index (κ1) is 14.3. The van der Waals surface area contributed by atoms with Gasteiger partial charge in [0.05, 0.1) is 24.7 Å². The van der Waals surface area contributed by atoms with Gasteiger partial charge in [0, 0.05) is 18.7 Å². The van der Waals surface area contributed by atoms with Gasteiger partial charge >= 0.3 is 6.09 Å². The van der Waals surface area contributed by atoms with Crippen molar-refractivity contribution in [3.8, 4) is 0 Å². The second-order valence-electron chi connectivity index (χ2n) is 4.35. The number of ether oxygens (including phenoxy) is 2. The van der Waals surface area contributed by atoms with Crippen LogP contribution in [0.2, 0.25) is 0 Å². The van der Waals surface area contributed by atoms with Crippen LogP contribution in [0.3, 0.4) is 0 Å². The van der Waals surface area contributed by atoms with E-state index in [0.29, 0.717) is 26.3 Å². The average Bonchev–Trinajstić information content (AvgIpc) is 2.48. The number of morpholine rings is 1. The number of hydrogen-bond acceptors (Lipinski definition) is 5. The number of non-ortho nitro benzene ring substituents is 1. The summed E-state index contributed by atoms with van der Waals surface area (Å²) in [6.45, 7) is 3.38. The number of carbonyl (C=O) groups is 1. The van der Waals surface area contributed by atoms with E-state index in [2.05, 4.69) is 0 Å². The molecule has 1 aromatic carbocycles. The number of nitro benzene ring substituents is 1. The van der Waals surface area contributed by atoms with Gasteiger partial charge in [-0.05, 0) is 24.6 Å². The van der Waals surface area contributed by atoms with Crippen molar-refractivity contribution in [2.75, 3.05) is 26.3 Å². The lowest BCUT2D eigenvalue weighted by atomic mass is 10.1. The van der Waals surface area contributed by atoms with Gasteiger partial charge in [-0.1, -0.05) is 0 Å². The molecule has 1 aromatic rings.